The summed E-state index contributed by atoms with van der Waals surface area (Å²) in [5.41, 5.74) is 1.35. The summed E-state index contributed by atoms with van der Waals surface area (Å²) in [6.45, 7) is 5.98. The Morgan fingerprint density at radius 2 is 1.95 bits per heavy atom. The smallest absolute Gasteiger partial charge is 0.241 e. The van der Waals surface area contributed by atoms with Crippen LogP contribution in [0.1, 0.15) is 19.4 Å². The number of halogens is 1. The molecule has 21 heavy (non-hydrogen) atoms. The van der Waals surface area contributed by atoms with Crippen molar-refractivity contribution in [2.24, 2.45) is 5.92 Å². The predicted molar refractivity (Wildman–Crippen MR) is 84.9 cm³/mol. The summed E-state index contributed by atoms with van der Waals surface area (Å²) < 4.78 is 14.1. The third-order valence-electron chi connectivity index (χ3n) is 3.18. The summed E-state index contributed by atoms with van der Waals surface area (Å²) in [4.78, 5) is 14.8. The summed E-state index contributed by atoms with van der Waals surface area (Å²) >= 11 is 0. The van der Waals surface area contributed by atoms with Crippen LogP contribution in [-0.4, -0.2) is 45.0 Å². The van der Waals surface area contributed by atoms with Crippen molar-refractivity contribution in [3.8, 4) is 0 Å². The van der Waals surface area contributed by atoms with Crippen molar-refractivity contribution in [3.63, 3.8) is 0 Å². The van der Waals surface area contributed by atoms with Gasteiger partial charge in [-0.05, 0) is 30.2 Å². The highest BCUT2D eigenvalue weighted by Gasteiger charge is 2.13. The monoisotopic (exact) mass is 295 g/mol. The van der Waals surface area contributed by atoms with Gasteiger partial charge < -0.3 is 15.1 Å². The summed E-state index contributed by atoms with van der Waals surface area (Å²) in [6, 6.07) is 5.15. The zero-order valence-corrected chi connectivity index (χ0v) is 13.6. The summed E-state index contributed by atoms with van der Waals surface area (Å²) in [5.74, 6) is 0.213. The Kier molecular flexibility index (Phi) is 6.62. The van der Waals surface area contributed by atoms with Gasteiger partial charge in [0.15, 0.2) is 0 Å². The standard InChI is InChI=1S/C16H26FN3O/c1-12(2)9-18-10-13-6-7-15(14(17)8-13)20(5)11-16(21)19(3)4/h6-8,12,18H,9-11H2,1-5H3. The molecule has 0 aliphatic rings. The molecular weight excluding hydrogens is 269 g/mol. The van der Waals surface area contributed by atoms with Gasteiger partial charge in [0.1, 0.15) is 5.82 Å². The van der Waals surface area contributed by atoms with Gasteiger partial charge in [-0.3, -0.25) is 4.79 Å². The first kappa shape index (κ1) is 17.4. The van der Waals surface area contributed by atoms with Crippen LogP contribution >= 0.6 is 0 Å². The highest BCUT2D eigenvalue weighted by Crippen LogP contribution is 2.19. The zero-order valence-electron chi connectivity index (χ0n) is 13.6. The quantitative estimate of drug-likeness (QED) is 0.837. The summed E-state index contributed by atoms with van der Waals surface area (Å²) in [5, 5.41) is 3.28. The number of hydrogen-bond acceptors (Lipinski definition) is 3. The molecule has 0 spiro atoms. The van der Waals surface area contributed by atoms with Crippen LogP contribution in [0.3, 0.4) is 0 Å². The highest BCUT2D eigenvalue weighted by atomic mass is 19.1. The van der Waals surface area contributed by atoms with E-state index in [0.717, 1.165) is 12.1 Å². The van der Waals surface area contributed by atoms with Crippen LogP contribution in [0.4, 0.5) is 10.1 Å². The van der Waals surface area contributed by atoms with E-state index in [1.165, 1.54) is 11.0 Å². The second kappa shape index (κ2) is 7.98. The minimum absolute atomic E-state index is 0.0559. The number of amides is 1. The van der Waals surface area contributed by atoms with Gasteiger partial charge in [-0.25, -0.2) is 4.39 Å². The SMILES string of the molecule is CC(C)CNCc1ccc(N(C)CC(=O)N(C)C)c(F)c1. The Morgan fingerprint density at radius 3 is 2.48 bits per heavy atom. The summed E-state index contributed by atoms with van der Waals surface area (Å²) in [6.07, 6.45) is 0. The molecule has 0 saturated heterocycles. The number of anilines is 1. The highest BCUT2D eigenvalue weighted by molar-refractivity contribution is 5.80. The van der Waals surface area contributed by atoms with Gasteiger partial charge in [0, 0.05) is 27.7 Å². The molecule has 118 valence electrons. The molecule has 0 unspecified atom stereocenters. The lowest BCUT2D eigenvalue weighted by Gasteiger charge is -2.22. The Labute approximate surface area is 126 Å². The lowest BCUT2D eigenvalue weighted by molar-refractivity contribution is -0.127. The average molecular weight is 295 g/mol. The molecule has 1 rings (SSSR count). The normalized spacial score (nSPS) is 10.8. The van der Waals surface area contributed by atoms with Crippen molar-refractivity contribution < 1.29 is 9.18 Å². The molecule has 0 bridgehead atoms. The van der Waals surface area contributed by atoms with Crippen molar-refractivity contribution in [2.75, 3.05) is 39.1 Å². The van der Waals surface area contributed by atoms with Gasteiger partial charge >= 0.3 is 0 Å². The first-order valence-electron chi connectivity index (χ1n) is 7.21. The minimum Gasteiger partial charge on any atom is -0.363 e. The summed E-state index contributed by atoms with van der Waals surface area (Å²) in [7, 11) is 5.10. The van der Waals surface area contributed by atoms with Crippen molar-refractivity contribution >= 4 is 11.6 Å². The zero-order chi connectivity index (χ0) is 16.0. The number of nitrogens with zero attached hydrogens (tertiary/aromatic N) is 2. The molecule has 0 aliphatic carbocycles. The molecule has 1 N–H and O–H groups in total. The largest absolute Gasteiger partial charge is 0.363 e. The first-order valence-corrected chi connectivity index (χ1v) is 7.21. The van der Waals surface area contributed by atoms with Crippen LogP contribution in [0.5, 0.6) is 0 Å². The van der Waals surface area contributed by atoms with Gasteiger partial charge in [0.25, 0.3) is 0 Å². The van der Waals surface area contributed by atoms with Crippen molar-refractivity contribution in [1.82, 2.24) is 10.2 Å². The molecule has 5 heteroatoms. The Balaban J connectivity index is 2.67. The lowest BCUT2D eigenvalue weighted by atomic mass is 10.1. The second-order valence-corrected chi connectivity index (χ2v) is 5.95. The molecule has 0 aromatic heterocycles. The number of benzene rings is 1. The van der Waals surface area contributed by atoms with Crippen LogP contribution in [0.15, 0.2) is 18.2 Å². The van der Waals surface area contributed by atoms with Crippen LogP contribution in [-0.2, 0) is 11.3 Å². The van der Waals surface area contributed by atoms with Crippen molar-refractivity contribution in [2.45, 2.75) is 20.4 Å². The number of nitrogens with one attached hydrogen (secondary N) is 1. The van der Waals surface area contributed by atoms with Crippen LogP contribution in [0.25, 0.3) is 0 Å². The van der Waals surface area contributed by atoms with Gasteiger partial charge in [-0.1, -0.05) is 19.9 Å². The molecule has 0 radical (unpaired) electrons. The van der Waals surface area contributed by atoms with Gasteiger partial charge in [-0.2, -0.15) is 0 Å². The number of hydrogen-bond donors (Lipinski definition) is 1. The maximum atomic E-state index is 14.1. The van der Waals surface area contributed by atoms with E-state index in [4.69, 9.17) is 0 Å². The fourth-order valence-corrected chi connectivity index (χ4v) is 1.90. The maximum Gasteiger partial charge on any atom is 0.241 e. The Morgan fingerprint density at radius 1 is 1.29 bits per heavy atom. The van der Waals surface area contributed by atoms with Crippen LogP contribution < -0.4 is 10.2 Å². The molecule has 4 nitrogen and oxygen atoms in total. The van der Waals surface area contributed by atoms with Gasteiger partial charge in [0.2, 0.25) is 5.91 Å². The Bertz CT molecular complexity index is 475. The van der Waals surface area contributed by atoms with E-state index in [1.54, 1.807) is 32.1 Å². The number of rotatable bonds is 7. The predicted octanol–water partition coefficient (Wildman–Crippen LogP) is 2.10. The van der Waals surface area contributed by atoms with E-state index in [-0.39, 0.29) is 18.3 Å². The average Bonchev–Trinajstić information content (AvgIpc) is 2.37. The van der Waals surface area contributed by atoms with Crippen molar-refractivity contribution in [1.29, 1.82) is 0 Å². The maximum absolute atomic E-state index is 14.1. The van der Waals surface area contributed by atoms with E-state index >= 15 is 0 Å². The molecule has 0 fully saturated rings. The third kappa shape index (κ3) is 5.71. The molecular formula is C16H26FN3O. The lowest BCUT2D eigenvalue weighted by Crippen LogP contribution is -2.34. The Hall–Kier alpha value is -1.62. The number of carbonyl (C=O) groups excluding carboxylic acids is 1. The second-order valence-electron chi connectivity index (χ2n) is 5.95. The number of likely N-dealkylation sites (N-methyl/N-ethyl adjacent to an activating group) is 2. The van der Waals surface area contributed by atoms with E-state index in [2.05, 4.69) is 19.2 Å². The topological polar surface area (TPSA) is 35.6 Å². The number of carbonyl (C=O) groups is 1. The van der Waals surface area contributed by atoms with Gasteiger partial charge in [0.05, 0.1) is 12.2 Å². The van der Waals surface area contributed by atoms with Crippen LogP contribution in [0.2, 0.25) is 0 Å². The molecule has 1 amide bonds. The minimum atomic E-state index is -0.298. The van der Waals surface area contributed by atoms with E-state index in [0.29, 0.717) is 18.2 Å². The molecule has 0 heterocycles. The van der Waals surface area contributed by atoms with E-state index in [1.807, 2.05) is 6.07 Å². The van der Waals surface area contributed by atoms with Crippen molar-refractivity contribution in [3.05, 3.63) is 29.6 Å². The first-order chi connectivity index (χ1) is 9.81. The fraction of sp³-hybridized carbons (Fsp3) is 0.562. The molecule has 0 atom stereocenters. The molecule has 1 aromatic carbocycles. The molecule has 0 saturated carbocycles. The molecule has 0 aliphatic heterocycles. The molecule has 1 aromatic rings. The van der Waals surface area contributed by atoms with Crippen LogP contribution in [0, 0.1) is 11.7 Å². The third-order valence-corrected chi connectivity index (χ3v) is 3.18. The van der Waals surface area contributed by atoms with E-state index < -0.39 is 0 Å². The van der Waals surface area contributed by atoms with E-state index in [9.17, 15) is 9.18 Å². The van der Waals surface area contributed by atoms with Gasteiger partial charge in [-0.15, -0.1) is 0 Å². The fourth-order valence-electron chi connectivity index (χ4n) is 1.90.